The van der Waals surface area contributed by atoms with E-state index in [1.807, 2.05) is 24.0 Å². The molecule has 1 aliphatic carbocycles. The van der Waals surface area contributed by atoms with E-state index in [0.29, 0.717) is 0 Å². The summed E-state index contributed by atoms with van der Waals surface area (Å²) in [6.07, 6.45) is 8.09. The molecule has 1 fully saturated rings. The Bertz CT molecular complexity index is 560. The van der Waals surface area contributed by atoms with Crippen LogP contribution in [0.15, 0.2) is 24.5 Å². The van der Waals surface area contributed by atoms with Crippen LogP contribution in [-0.2, 0) is 13.1 Å². The van der Waals surface area contributed by atoms with Crippen molar-refractivity contribution >= 4 is 22.8 Å². The Balaban J connectivity index is 1.72. The summed E-state index contributed by atoms with van der Waals surface area (Å²) in [5.74, 6) is 2.44. The van der Waals surface area contributed by atoms with Gasteiger partial charge >= 0.3 is 0 Å². The van der Waals surface area contributed by atoms with Crippen LogP contribution in [0.25, 0.3) is 11.0 Å². The van der Waals surface area contributed by atoms with Crippen molar-refractivity contribution in [2.75, 3.05) is 11.5 Å². The molecule has 3 nitrogen and oxygen atoms in total. The molecule has 2 heterocycles. The summed E-state index contributed by atoms with van der Waals surface area (Å²) < 4.78 is 2.33. The van der Waals surface area contributed by atoms with Crippen molar-refractivity contribution in [2.45, 2.75) is 45.3 Å². The van der Waals surface area contributed by atoms with Crippen molar-refractivity contribution in [3.8, 4) is 0 Å². The number of fused-ring (bicyclic) bond motifs is 1. The molecular weight excluding hydrogens is 266 g/mol. The molecule has 0 amide bonds. The van der Waals surface area contributed by atoms with Crippen molar-refractivity contribution in [1.29, 1.82) is 0 Å². The van der Waals surface area contributed by atoms with Crippen molar-refractivity contribution in [2.24, 2.45) is 0 Å². The average Bonchev–Trinajstić information content (AvgIpc) is 3.24. The van der Waals surface area contributed by atoms with Crippen LogP contribution in [-0.4, -0.2) is 27.1 Å². The lowest BCUT2D eigenvalue weighted by Crippen LogP contribution is -2.14. The second-order valence-electron chi connectivity index (χ2n) is 5.43. The Hall–Kier alpha value is -1.00. The zero-order valence-corrected chi connectivity index (χ0v) is 13.0. The van der Waals surface area contributed by atoms with Crippen LogP contribution in [0.4, 0.5) is 0 Å². The third kappa shape index (κ3) is 3.36. The maximum Gasteiger partial charge on any atom is 0.140 e. The van der Waals surface area contributed by atoms with Gasteiger partial charge in [-0.25, -0.2) is 4.98 Å². The maximum absolute atomic E-state index is 4.57. The number of thioether (sulfide) groups is 1. The molecular formula is C16H23N3S. The molecule has 3 rings (SSSR count). The second-order valence-corrected chi connectivity index (χ2v) is 6.82. The van der Waals surface area contributed by atoms with Crippen molar-refractivity contribution in [1.82, 2.24) is 14.9 Å². The van der Waals surface area contributed by atoms with E-state index in [1.165, 1.54) is 41.7 Å². The first kappa shape index (κ1) is 14.0. The number of hydrogen-bond donors (Lipinski definition) is 1. The van der Waals surface area contributed by atoms with Crippen LogP contribution in [0.5, 0.6) is 0 Å². The second kappa shape index (κ2) is 6.64. The number of nitrogens with one attached hydrogen (secondary N) is 1. The Morgan fingerprint density at radius 1 is 1.45 bits per heavy atom. The van der Waals surface area contributed by atoms with Crippen LogP contribution in [0.2, 0.25) is 0 Å². The van der Waals surface area contributed by atoms with Crippen molar-refractivity contribution < 1.29 is 0 Å². The Kier molecular flexibility index (Phi) is 4.63. The molecule has 0 aliphatic heterocycles. The van der Waals surface area contributed by atoms with Gasteiger partial charge in [-0.05, 0) is 48.5 Å². The van der Waals surface area contributed by atoms with Crippen LogP contribution in [0, 0.1) is 0 Å². The monoisotopic (exact) mass is 289 g/mol. The molecule has 0 radical (unpaired) electrons. The normalized spacial score (nSPS) is 15.1. The molecule has 1 aliphatic rings. The standard InChI is InChI=1S/C16H23N3S/c1-2-20-10-4-9-19-12-13(11-18-14-6-7-14)15-5-3-8-17-16(15)19/h3,5,8,12,14,18H,2,4,6-7,9-11H2,1H3. The van der Waals surface area contributed by atoms with Gasteiger partial charge in [-0.2, -0.15) is 11.8 Å². The first-order valence-corrected chi connectivity index (χ1v) is 8.78. The third-order valence-corrected chi connectivity index (χ3v) is 4.75. The van der Waals surface area contributed by atoms with Crippen LogP contribution >= 0.6 is 11.8 Å². The van der Waals surface area contributed by atoms with Gasteiger partial charge in [0.15, 0.2) is 0 Å². The number of rotatable bonds is 8. The van der Waals surface area contributed by atoms with Gasteiger partial charge in [0.1, 0.15) is 5.65 Å². The summed E-state index contributed by atoms with van der Waals surface area (Å²) in [6.45, 7) is 4.27. The molecule has 0 atom stereocenters. The first-order chi connectivity index (χ1) is 9.88. The first-order valence-electron chi connectivity index (χ1n) is 7.62. The zero-order chi connectivity index (χ0) is 13.8. The van der Waals surface area contributed by atoms with Gasteiger partial charge in [-0.1, -0.05) is 6.92 Å². The highest BCUT2D eigenvalue weighted by Gasteiger charge is 2.20. The number of aromatic nitrogens is 2. The fraction of sp³-hybridized carbons (Fsp3) is 0.562. The quantitative estimate of drug-likeness (QED) is 0.755. The van der Waals surface area contributed by atoms with Gasteiger partial charge in [-0.15, -0.1) is 0 Å². The lowest BCUT2D eigenvalue weighted by Gasteiger charge is -2.03. The summed E-state index contributed by atoms with van der Waals surface area (Å²) in [5, 5.41) is 4.92. The van der Waals surface area contributed by atoms with Crippen LogP contribution < -0.4 is 5.32 Å². The number of pyridine rings is 1. The molecule has 0 spiro atoms. The highest BCUT2D eigenvalue weighted by molar-refractivity contribution is 7.99. The highest BCUT2D eigenvalue weighted by Crippen LogP contribution is 2.23. The molecule has 1 N–H and O–H groups in total. The molecule has 2 aromatic rings. The molecule has 0 aromatic carbocycles. The van der Waals surface area contributed by atoms with E-state index in [0.717, 1.165) is 24.8 Å². The average molecular weight is 289 g/mol. The van der Waals surface area contributed by atoms with Crippen LogP contribution in [0.1, 0.15) is 31.7 Å². The molecule has 0 unspecified atom stereocenters. The summed E-state index contributed by atoms with van der Waals surface area (Å²) in [5.41, 5.74) is 2.53. The molecule has 1 saturated carbocycles. The Labute approximate surface area is 125 Å². The van der Waals surface area contributed by atoms with E-state index < -0.39 is 0 Å². The Morgan fingerprint density at radius 2 is 2.35 bits per heavy atom. The molecule has 4 heteroatoms. The number of hydrogen-bond acceptors (Lipinski definition) is 3. The zero-order valence-electron chi connectivity index (χ0n) is 12.1. The van der Waals surface area contributed by atoms with Gasteiger partial charge in [0.2, 0.25) is 0 Å². The minimum absolute atomic E-state index is 0.756. The van der Waals surface area contributed by atoms with E-state index in [2.05, 4.69) is 34.1 Å². The lowest BCUT2D eigenvalue weighted by atomic mass is 10.2. The fourth-order valence-electron chi connectivity index (χ4n) is 2.53. The molecule has 2 aromatic heterocycles. The maximum atomic E-state index is 4.57. The van der Waals surface area contributed by atoms with E-state index in [9.17, 15) is 0 Å². The summed E-state index contributed by atoms with van der Waals surface area (Å²) in [7, 11) is 0. The van der Waals surface area contributed by atoms with Crippen molar-refractivity contribution in [3.63, 3.8) is 0 Å². The molecule has 20 heavy (non-hydrogen) atoms. The fourth-order valence-corrected chi connectivity index (χ4v) is 3.15. The third-order valence-electron chi connectivity index (χ3n) is 3.77. The van der Waals surface area contributed by atoms with E-state index >= 15 is 0 Å². The van der Waals surface area contributed by atoms with Gasteiger partial charge in [0.05, 0.1) is 0 Å². The van der Waals surface area contributed by atoms with Crippen LogP contribution in [0.3, 0.4) is 0 Å². The van der Waals surface area contributed by atoms with E-state index in [-0.39, 0.29) is 0 Å². The largest absolute Gasteiger partial charge is 0.332 e. The van der Waals surface area contributed by atoms with Gasteiger partial charge in [-0.3, -0.25) is 0 Å². The predicted molar refractivity (Wildman–Crippen MR) is 87.2 cm³/mol. The topological polar surface area (TPSA) is 29.9 Å². The van der Waals surface area contributed by atoms with Gasteiger partial charge < -0.3 is 9.88 Å². The summed E-state index contributed by atoms with van der Waals surface area (Å²) >= 11 is 2.02. The summed E-state index contributed by atoms with van der Waals surface area (Å²) in [6, 6.07) is 5.00. The number of nitrogens with zero attached hydrogens (tertiary/aromatic N) is 2. The smallest absolute Gasteiger partial charge is 0.140 e. The SMILES string of the molecule is CCSCCCn1cc(CNC2CC2)c2cccnc21. The molecule has 0 bridgehead atoms. The lowest BCUT2D eigenvalue weighted by molar-refractivity contribution is 0.674. The minimum atomic E-state index is 0.756. The van der Waals surface area contributed by atoms with Crippen molar-refractivity contribution in [3.05, 3.63) is 30.1 Å². The van der Waals surface area contributed by atoms with E-state index in [4.69, 9.17) is 0 Å². The number of aryl methyl sites for hydroxylation is 1. The molecule has 108 valence electrons. The van der Waals surface area contributed by atoms with Gasteiger partial charge in [0.25, 0.3) is 0 Å². The van der Waals surface area contributed by atoms with Gasteiger partial charge in [0, 0.05) is 36.9 Å². The molecule has 0 saturated heterocycles. The summed E-state index contributed by atoms with van der Waals surface area (Å²) in [4.78, 5) is 4.57. The highest BCUT2D eigenvalue weighted by atomic mass is 32.2. The van der Waals surface area contributed by atoms with E-state index in [1.54, 1.807) is 0 Å². The minimum Gasteiger partial charge on any atom is -0.332 e. The Morgan fingerprint density at radius 3 is 3.15 bits per heavy atom. The predicted octanol–water partition coefficient (Wildman–Crippen LogP) is 3.43.